The lowest BCUT2D eigenvalue weighted by molar-refractivity contribution is -0.0498. The van der Waals surface area contributed by atoms with E-state index < -0.39 is 6.61 Å². The van der Waals surface area contributed by atoms with E-state index in [0.717, 1.165) is 6.29 Å². The highest BCUT2D eigenvalue weighted by Crippen LogP contribution is 2.24. The molecular weight excluding hydrogens is 254 g/mol. The fraction of sp³-hybridized carbons (Fsp3) is 0.231. The fourth-order valence-electron chi connectivity index (χ4n) is 1.70. The van der Waals surface area contributed by atoms with Gasteiger partial charge in [-0.15, -0.1) is 0 Å². The minimum Gasteiger partial charge on any atom is -0.435 e. The first-order valence-electron chi connectivity index (χ1n) is 5.72. The van der Waals surface area contributed by atoms with Gasteiger partial charge in [0.15, 0.2) is 6.29 Å². The van der Waals surface area contributed by atoms with Gasteiger partial charge in [-0.3, -0.25) is 9.48 Å². The molecular formula is C13H12F2N2O2. The number of halogens is 2. The molecule has 0 aliphatic heterocycles. The maximum atomic E-state index is 12.0. The summed E-state index contributed by atoms with van der Waals surface area (Å²) in [4.78, 5) is 11.0. The summed E-state index contributed by atoms with van der Waals surface area (Å²) in [5.74, 6) is 0.0707. The van der Waals surface area contributed by atoms with Crippen LogP contribution in [0.1, 0.15) is 17.3 Å². The van der Waals surface area contributed by atoms with Crippen LogP contribution in [-0.2, 0) is 6.54 Å². The molecule has 4 nitrogen and oxygen atoms in total. The second-order valence-electron chi connectivity index (χ2n) is 3.81. The third-order valence-electron chi connectivity index (χ3n) is 2.59. The molecule has 2 rings (SSSR count). The Morgan fingerprint density at radius 1 is 1.37 bits per heavy atom. The van der Waals surface area contributed by atoms with Crippen molar-refractivity contribution < 1.29 is 18.3 Å². The van der Waals surface area contributed by atoms with Gasteiger partial charge in [-0.05, 0) is 31.2 Å². The lowest BCUT2D eigenvalue weighted by atomic mass is 10.1. The number of nitrogens with zero attached hydrogens (tertiary/aromatic N) is 2. The van der Waals surface area contributed by atoms with Gasteiger partial charge in [0, 0.05) is 18.3 Å². The highest BCUT2D eigenvalue weighted by molar-refractivity contribution is 5.85. The van der Waals surface area contributed by atoms with Gasteiger partial charge in [0.1, 0.15) is 11.4 Å². The number of hydrogen-bond acceptors (Lipinski definition) is 3. The molecule has 100 valence electrons. The summed E-state index contributed by atoms with van der Waals surface area (Å²) in [5.41, 5.74) is 1.67. The summed E-state index contributed by atoms with van der Waals surface area (Å²) in [6, 6.07) is 6.02. The van der Waals surface area contributed by atoms with Crippen LogP contribution in [0.15, 0.2) is 30.5 Å². The number of ether oxygens (including phenoxy) is 1. The Bertz CT molecular complexity index is 565. The number of carbonyl (C=O) groups excluding carboxylic acids is 1. The molecule has 1 heterocycles. The maximum Gasteiger partial charge on any atom is 0.387 e. The Kier molecular flexibility index (Phi) is 3.89. The molecule has 0 radical (unpaired) electrons. The molecule has 19 heavy (non-hydrogen) atoms. The van der Waals surface area contributed by atoms with Crippen molar-refractivity contribution >= 4 is 6.29 Å². The number of carbonyl (C=O) groups is 1. The lowest BCUT2D eigenvalue weighted by Crippen LogP contribution is -2.01. The van der Waals surface area contributed by atoms with Crippen molar-refractivity contribution in [2.45, 2.75) is 20.1 Å². The standard InChI is InChI=1S/C13H12F2N2O2/c1-2-17-7-10(8-18)12(16-17)9-3-5-11(6-4-9)19-13(14)15/h3-8,13H,2H2,1H3. The number of aryl methyl sites for hydroxylation is 1. The van der Waals surface area contributed by atoms with E-state index in [0.29, 0.717) is 23.4 Å². The number of alkyl halides is 2. The smallest absolute Gasteiger partial charge is 0.387 e. The molecule has 0 bridgehead atoms. The van der Waals surface area contributed by atoms with Crippen LogP contribution in [0.3, 0.4) is 0 Å². The Labute approximate surface area is 108 Å². The molecule has 1 aromatic carbocycles. The molecule has 0 N–H and O–H groups in total. The highest BCUT2D eigenvalue weighted by atomic mass is 19.3. The van der Waals surface area contributed by atoms with Gasteiger partial charge in [0.25, 0.3) is 0 Å². The summed E-state index contributed by atoms with van der Waals surface area (Å²) >= 11 is 0. The molecule has 0 spiro atoms. The third kappa shape index (κ3) is 2.96. The van der Waals surface area contributed by atoms with Crippen molar-refractivity contribution in [3.63, 3.8) is 0 Å². The van der Waals surface area contributed by atoms with Crippen molar-refractivity contribution in [2.75, 3.05) is 0 Å². The van der Waals surface area contributed by atoms with Crippen molar-refractivity contribution in [3.8, 4) is 17.0 Å². The van der Waals surface area contributed by atoms with E-state index in [-0.39, 0.29) is 5.75 Å². The second-order valence-corrected chi connectivity index (χ2v) is 3.81. The Morgan fingerprint density at radius 3 is 2.58 bits per heavy atom. The van der Waals surface area contributed by atoms with Gasteiger partial charge in [-0.2, -0.15) is 13.9 Å². The van der Waals surface area contributed by atoms with E-state index in [1.165, 1.54) is 12.1 Å². The van der Waals surface area contributed by atoms with E-state index >= 15 is 0 Å². The maximum absolute atomic E-state index is 12.0. The minimum absolute atomic E-state index is 0.0707. The van der Waals surface area contributed by atoms with Crippen molar-refractivity contribution in [3.05, 3.63) is 36.0 Å². The summed E-state index contributed by atoms with van der Waals surface area (Å²) in [6.45, 7) is -0.297. The Balaban J connectivity index is 2.31. The van der Waals surface area contributed by atoms with Crippen molar-refractivity contribution in [2.24, 2.45) is 0 Å². The predicted octanol–water partition coefficient (Wildman–Crippen LogP) is 2.98. The van der Waals surface area contributed by atoms with Gasteiger partial charge >= 0.3 is 6.61 Å². The van der Waals surface area contributed by atoms with Crippen LogP contribution in [0, 0.1) is 0 Å². The third-order valence-corrected chi connectivity index (χ3v) is 2.59. The Morgan fingerprint density at radius 2 is 2.05 bits per heavy atom. The van der Waals surface area contributed by atoms with Gasteiger partial charge in [-0.25, -0.2) is 0 Å². The Hall–Kier alpha value is -2.24. The van der Waals surface area contributed by atoms with Crippen molar-refractivity contribution in [1.29, 1.82) is 0 Å². The molecule has 2 aromatic rings. The molecule has 0 saturated carbocycles. The molecule has 0 unspecified atom stereocenters. The molecule has 0 amide bonds. The fourth-order valence-corrected chi connectivity index (χ4v) is 1.70. The minimum atomic E-state index is -2.85. The van der Waals surface area contributed by atoms with Crippen LogP contribution in [0.25, 0.3) is 11.3 Å². The molecule has 6 heteroatoms. The van der Waals surface area contributed by atoms with Gasteiger partial charge in [0.2, 0.25) is 0 Å². The van der Waals surface area contributed by atoms with E-state index in [1.54, 1.807) is 23.0 Å². The van der Waals surface area contributed by atoms with Gasteiger partial charge < -0.3 is 4.74 Å². The molecule has 0 atom stereocenters. The number of benzene rings is 1. The van der Waals surface area contributed by atoms with Crippen LogP contribution in [0.4, 0.5) is 8.78 Å². The summed E-state index contributed by atoms with van der Waals surface area (Å²) < 4.78 is 30.0. The average molecular weight is 266 g/mol. The van der Waals surface area contributed by atoms with Crippen molar-refractivity contribution in [1.82, 2.24) is 9.78 Å². The summed E-state index contributed by atoms with van der Waals surface area (Å²) in [7, 11) is 0. The first-order chi connectivity index (χ1) is 9.13. The molecule has 0 fully saturated rings. The summed E-state index contributed by atoms with van der Waals surface area (Å²) in [5, 5.41) is 4.26. The van der Waals surface area contributed by atoms with Crippen LogP contribution in [0.2, 0.25) is 0 Å². The van der Waals surface area contributed by atoms with Crippen LogP contribution in [0.5, 0.6) is 5.75 Å². The molecule has 0 aliphatic rings. The zero-order valence-corrected chi connectivity index (χ0v) is 10.2. The first-order valence-corrected chi connectivity index (χ1v) is 5.72. The second kappa shape index (κ2) is 5.60. The van der Waals surface area contributed by atoms with Crippen LogP contribution in [-0.4, -0.2) is 22.7 Å². The van der Waals surface area contributed by atoms with E-state index in [9.17, 15) is 13.6 Å². The van der Waals surface area contributed by atoms with E-state index in [4.69, 9.17) is 0 Å². The average Bonchev–Trinajstić information content (AvgIpc) is 2.82. The van der Waals surface area contributed by atoms with E-state index in [1.807, 2.05) is 6.92 Å². The summed E-state index contributed by atoms with van der Waals surface area (Å²) in [6.07, 6.45) is 2.37. The topological polar surface area (TPSA) is 44.1 Å². The number of hydrogen-bond donors (Lipinski definition) is 0. The first kappa shape index (κ1) is 13.2. The highest BCUT2D eigenvalue weighted by Gasteiger charge is 2.11. The molecule has 0 aliphatic carbocycles. The normalized spacial score (nSPS) is 10.7. The largest absolute Gasteiger partial charge is 0.435 e. The number of aldehydes is 1. The lowest BCUT2D eigenvalue weighted by Gasteiger charge is -2.04. The van der Waals surface area contributed by atoms with Crippen LogP contribution < -0.4 is 4.74 Å². The molecule has 1 aromatic heterocycles. The zero-order chi connectivity index (χ0) is 13.8. The zero-order valence-electron chi connectivity index (χ0n) is 10.2. The predicted molar refractivity (Wildman–Crippen MR) is 65.4 cm³/mol. The van der Waals surface area contributed by atoms with Gasteiger partial charge in [-0.1, -0.05) is 0 Å². The van der Waals surface area contributed by atoms with Crippen LogP contribution >= 0.6 is 0 Å². The SMILES string of the molecule is CCn1cc(C=O)c(-c2ccc(OC(F)F)cc2)n1. The monoisotopic (exact) mass is 266 g/mol. The number of rotatable bonds is 5. The van der Waals surface area contributed by atoms with Gasteiger partial charge in [0.05, 0.1) is 5.56 Å². The van der Waals surface area contributed by atoms with E-state index in [2.05, 4.69) is 9.84 Å². The number of aromatic nitrogens is 2. The quantitative estimate of drug-likeness (QED) is 0.781. The molecule has 0 saturated heterocycles.